The molecular formula is C18H21NO2S. The third-order valence-electron chi connectivity index (χ3n) is 4.26. The normalized spacial score (nSPS) is 15.9. The van der Waals surface area contributed by atoms with E-state index in [0.717, 1.165) is 16.5 Å². The van der Waals surface area contributed by atoms with E-state index < -0.39 is 0 Å². The van der Waals surface area contributed by atoms with Crippen molar-refractivity contribution in [3.05, 3.63) is 36.0 Å². The molecule has 0 N–H and O–H groups in total. The highest BCUT2D eigenvalue weighted by molar-refractivity contribution is 8.00. The van der Waals surface area contributed by atoms with Crippen LogP contribution in [-0.4, -0.2) is 28.9 Å². The zero-order valence-electron chi connectivity index (χ0n) is 12.9. The molecule has 3 rings (SSSR count). The second-order valence-corrected chi connectivity index (χ2v) is 7.00. The van der Waals surface area contributed by atoms with Crippen LogP contribution in [0.5, 0.6) is 5.75 Å². The van der Waals surface area contributed by atoms with Crippen LogP contribution in [0.4, 0.5) is 0 Å². The molecule has 0 aliphatic heterocycles. The van der Waals surface area contributed by atoms with Crippen LogP contribution in [0.3, 0.4) is 0 Å². The first-order valence-corrected chi connectivity index (χ1v) is 8.91. The minimum absolute atomic E-state index is 0.191. The van der Waals surface area contributed by atoms with Crippen molar-refractivity contribution in [2.45, 2.75) is 37.4 Å². The quantitative estimate of drug-likeness (QED) is 0.762. The number of ketones is 1. The van der Waals surface area contributed by atoms with Crippen LogP contribution in [0.2, 0.25) is 0 Å². The lowest BCUT2D eigenvalue weighted by Gasteiger charge is -2.20. The van der Waals surface area contributed by atoms with E-state index in [0.29, 0.717) is 16.8 Å². The zero-order valence-corrected chi connectivity index (χ0v) is 13.7. The smallest absolute Gasteiger partial charge is 0.173 e. The molecule has 1 saturated carbocycles. The highest BCUT2D eigenvalue weighted by Gasteiger charge is 2.18. The van der Waals surface area contributed by atoms with Gasteiger partial charge in [-0.3, -0.25) is 9.78 Å². The van der Waals surface area contributed by atoms with Gasteiger partial charge < -0.3 is 4.74 Å². The number of hydrogen-bond acceptors (Lipinski definition) is 4. The molecule has 2 aromatic rings. The van der Waals surface area contributed by atoms with Crippen LogP contribution in [0.1, 0.15) is 42.5 Å². The Kier molecular flexibility index (Phi) is 4.98. The highest BCUT2D eigenvalue weighted by Crippen LogP contribution is 2.31. The molecule has 1 aromatic carbocycles. The number of hydrogen-bond donors (Lipinski definition) is 0. The maximum absolute atomic E-state index is 12.6. The standard InChI is InChI=1S/C18H21NO2S/c1-21-17-10-9-14(15-8-5-11-19-18(15)17)16(20)12-22-13-6-3-2-4-7-13/h5,8-11,13H,2-4,6-7,12H2,1H3. The molecule has 1 aliphatic rings. The van der Waals surface area contributed by atoms with Gasteiger partial charge in [0.15, 0.2) is 5.78 Å². The van der Waals surface area contributed by atoms with Crippen molar-refractivity contribution in [3.63, 3.8) is 0 Å². The Morgan fingerprint density at radius 1 is 1.27 bits per heavy atom. The van der Waals surface area contributed by atoms with Crippen LogP contribution in [0.25, 0.3) is 10.9 Å². The van der Waals surface area contributed by atoms with Gasteiger partial charge in [-0.25, -0.2) is 0 Å². The summed E-state index contributed by atoms with van der Waals surface area (Å²) < 4.78 is 5.34. The summed E-state index contributed by atoms with van der Waals surface area (Å²) in [6, 6.07) is 7.52. The SMILES string of the molecule is COc1ccc(C(=O)CSC2CCCCC2)c2cccnc12. The minimum Gasteiger partial charge on any atom is -0.494 e. The Morgan fingerprint density at radius 2 is 2.09 bits per heavy atom. The maximum Gasteiger partial charge on any atom is 0.173 e. The van der Waals surface area contributed by atoms with Crippen molar-refractivity contribution in [1.82, 2.24) is 4.98 Å². The summed E-state index contributed by atoms with van der Waals surface area (Å²) in [7, 11) is 1.63. The third kappa shape index (κ3) is 3.27. The van der Waals surface area contributed by atoms with Gasteiger partial charge in [-0.05, 0) is 31.0 Å². The third-order valence-corrected chi connectivity index (χ3v) is 5.63. The number of aromatic nitrogens is 1. The number of pyridine rings is 1. The lowest BCUT2D eigenvalue weighted by Crippen LogP contribution is -2.12. The Labute approximate surface area is 135 Å². The van der Waals surface area contributed by atoms with Gasteiger partial charge in [-0.15, -0.1) is 0 Å². The molecule has 0 saturated heterocycles. The molecule has 0 bridgehead atoms. The summed E-state index contributed by atoms with van der Waals surface area (Å²) in [6.45, 7) is 0. The van der Waals surface area contributed by atoms with Gasteiger partial charge in [0, 0.05) is 22.4 Å². The zero-order chi connectivity index (χ0) is 15.4. The molecule has 0 atom stereocenters. The molecule has 1 aromatic heterocycles. The minimum atomic E-state index is 0.191. The van der Waals surface area contributed by atoms with Gasteiger partial charge in [-0.2, -0.15) is 11.8 Å². The summed E-state index contributed by atoms with van der Waals surface area (Å²) in [4.78, 5) is 17.0. The Hall–Kier alpha value is -1.55. The van der Waals surface area contributed by atoms with E-state index in [1.54, 1.807) is 13.3 Å². The second kappa shape index (κ2) is 7.14. The molecule has 1 aliphatic carbocycles. The van der Waals surface area contributed by atoms with Crippen LogP contribution in [0, 0.1) is 0 Å². The van der Waals surface area contributed by atoms with E-state index in [-0.39, 0.29) is 5.78 Å². The molecule has 0 spiro atoms. The number of nitrogens with zero attached hydrogens (tertiary/aromatic N) is 1. The van der Waals surface area contributed by atoms with Crippen LogP contribution < -0.4 is 4.74 Å². The largest absolute Gasteiger partial charge is 0.494 e. The van der Waals surface area contributed by atoms with Crippen molar-refractivity contribution in [1.29, 1.82) is 0 Å². The summed E-state index contributed by atoms with van der Waals surface area (Å²) in [5.41, 5.74) is 1.52. The number of benzene rings is 1. The van der Waals surface area contributed by atoms with Crippen molar-refractivity contribution in [2.75, 3.05) is 12.9 Å². The first-order valence-electron chi connectivity index (χ1n) is 7.86. The van der Waals surface area contributed by atoms with E-state index in [9.17, 15) is 4.79 Å². The Morgan fingerprint density at radius 3 is 2.86 bits per heavy atom. The van der Waals surface area contributed by atoms with Gasteiger partial charge in [0.05, 0.1) is 12.9 Å². The summed E-state index contributed by atoms with van der Waals surface area (Å²) in [5, 5.41) is 1.54. The molecule has 0 amide bonds. The van der Waals surface area contributed by atoms with Crippen molar-refractivity contribution in [2.24, 2.45) is 0 Å². The molecule has 3 nitrogen and oxygen atoms in total. The van der Waals surface area contributed by atoms with Gasteiger partial charge in [0.1, 0.15) is 11.3 Å². The second-order valence-electron chi connectivity index (χ2n) is 5.71. The average molecular weight is 315 g/mol. The lowest BCUT2D eigenvalue weighted by atomic mass is 10.0. The van der Waals surface area contributed by atoms with Gasteiger partial charge in [0.2, 0.25) is 0 Å². The maximum atomic E-state index is 12.6. The van der Waals surface area contributed by atoms with Crippen molar-refractivity contribution >= 4 is 28.4 Å². The van der Waals surface area contributed by atoms with Gasteiger partial charge in [-0.1, -0.05) is 25.3 Å². The number of thioether (sulfide) groups is 1. The lowest BCUT2D eigenvalue weighted by molar-refractivity contribution is 0.102. The molecule has 1 heterocycles. The number of methoxy groups -OCH3 is 1. The van der Waals surface area contributed by atoms with E-state index in [4.69, 9.17) is 4.74 Å². The molecule has 4 heteroatoms. The van der Waals surface area contributed by atoms with E-state index in [2.05, 4.69) is 4.98 Å². The molecule has 1 fully saturated rings. The topological polar surface area (TPSA) is 39.2 Å². The number of carbonyl (C=O) groups is 1. The van der Waals surface area contributed by atoms with Crippen LogP contribution in [-0.2, 0) is 0 Å². The fourth-order valence-corrected chi connectivity index (χ4v) is 4.27. The fraction of sp³-hybridized carbons (Fsp3) is 0.444. The first kappa shape index (κ1) is 15.3. The Bertz CT molecular complexity index is 665. The number of rotatable bonds is 5. The molecular weight excluding hydrogens is 294 g/mol. The number of carbonyl (C=O) groups excluding carboxylic acids is 1. The predicted molar refractivity (Wildman–Crippen MR) is 92.0 cm³/mol. The summed E-state index contributed by atoms with van der Waals surface area (Å²) in [6.07, 6.45) is 8.20. The average Bonchev–Trinajstić information content (AvgIpc) is 2.59. The monoisotopic (exact) mass is 315 g/mol. The number of Topliss-reactive ketones (excluding diaryl/α,β-unsaturated/α-hetero) is 1. The predicted octanol–water partition coefficient (Wildman–Crippen LogP) is 4.49. The molecule has 116 valence electrons. The van der Waals surface area contributed by atoms with Gasteiger partial charge in [0.25, 0.3) is 0 Å². The molecule has 0 unspecified atom stereocenters. The van der Waals surface area contributed by atoms with Crippen LogP contribution >= 0.6 is 11.8 Å². The highest BCUT2D eigenvalue weighted by atomic mass is 32.2. The van der Waals surface area contributed by atoms with Gasteiger partial charge >= 0.3 is 0 Å². The van der Waals surface area contributed by atoms with Crippen molar-refractivity contribution < 1.29 is 9.53 Å². The molecule has 22 heavy (non-hydrogen) atoms. The molecule has 0 radical (unpaired) electrons. The van der Waals surface area contributed by atoms with Crippen LogP contribution in [0.15, 0.2) is 30.5 Å². The first-order chi connectivity index (χ1) is 10.8. The Balaban J connectivity index is 1.79. The number of ether oxygens (including phenoxy) is 1. The van der Waals surface area contributed by atoms with E-state index in [1.165, 1.54) is 32.1 Å². The van der Waals surface area contributed by atoms with E-state index in [1.807, 2.05) is 36.0 Å². The van der Waals surface area contributed by atoms with E-state index >= 15 is 0 Å². The van der Waals surface area contributed by atoms with Crippen molar-refractivity contribution in [3.8, 4) is 5.75 Å². The summed E-state index contributed by atoms with van der Waals surface area (Å²) >= 11 is 1.82. The number of fused-ring (bicyclic) bond motifs is 1. The fourth-order valence-electron chi connectivity index (χ4n) is 3.06. The summed E-state index contributed by atoms with van der Waals surface area (Å²) in [5.74, 6) is 1.46.